The Hall–Kier alpha value is -4.36. The molecule has 0 aromatic heterocycles. The van der Waals surface area contributed by atoms with Gasteiger partial charge in [0.05, 0.1) is 18.8 Å². The SMILES string of the molecule is O=C(NCCOc1ccccc1)C1=C(c2ccccc2)c2ccccc2N(Cc2ccccc2)S1(=O)=O. The first-order valence-electron chi connectivity index (χ1n) is 12.0. The number of para-hydroxylation sites is 2. The number of rotatable bonds is 8. The van der Waals surface area contributed by atoms with Crippen LogP contribution in [0.5, 0.6) is 5.75 Å². The lowest BCUT2D eigenvalue weighted by Crippen LogP contribution is -2.42. The molecule has 0 atom stereocenters. The van der Waals surface area contributed by atoms with Crippen LogP contribution in [-0.2, 0) is 21.4 Å². The molecular weight excluding hydrogens is 484 g/mol. The number of anilines is 1. The second kappa shape index (κ2) is 10.7. The van der Waals surface area contributed by atoms with E-state index < -0.39 is 15.9 Å². The highest BCUT2D eigenvalue weighted by molar-refractivity contribution is 7.97. The van der Waals surface area contributed by atoms with E-state index in [9.17, 15) is 13.2 Å². The Labute approximate surface area is 216 Å². The van der Waals surface area contributed by atoms with Crippen LogP contribution in [0.3, 0.4) is 0 Å². The summed E-state index contributed by atoms with van der Waals surface area (Å²) in [7, 11) is -4.20. The highest BCUT2D eigenvalue weighted by Crippen LogP contribution is 2.43. The largest absolute Gasteiger partial charge is 0.492 e. The van der Waals surface area contributed by atoms with Crippen molar-refractivity contribution in [1.82, 2.24) is 5.32 Å². The number of fused-ring (bicyclic) bond motifs is 1. The fraction of sp³-hybridized carbons (Fsp3) is 0.100. The maximum absolute atomic E-state index is 14.1. The van der Waals surface area contributed by atoms with Crippen molar-refractivity contribution in [2.45, 2.75) is 6.54 Å². The average molecular weight is 511 g/mol. The second-order valence-corrected chi connectivity index (χ2v) is 10.3. The van der Waals surface area contributed by atoms with Gasteiger partial charge in [-0.15, -0.1) is 0 Å². The molecule has 0 radical (unpaired) electrons. The number of hydrogen-bond donors (Lipinski definition) is 1. The molecule has 1 heterocycles. The molecule has 5 rings (SSSR count). The summed E-state index contributed by atoms with van der Waals surface area (Å²) in [5, 5.41) is 2.77. The van der Waals surface area contributed by atoms with Gasteiger partial charge in [0, 0.05) is 11.1 Å². The van der Waals surface area contributed by atoms with Gasteiger partial charge in [-0.25, -0.2) is 8.42 Å². The van der Waals surface area contributed by atoms with Gasteiger partial charge in [-0.1, -0.05) is 97.1 Å². The zero-order chi connectivity index (χ0) is 25.7. The van der Waals surface area contributed by atoms with E-state index in [4.69, 9.17) is 4.74 Å². The molecule has 0 saturated carbocycles. The van der Waals surface area contributed by atoms with Crippen LogP contribution in [-0.4, -0.2) is 27.5 Å². The number of benzene rings is 4. The molecule has 0 unspecified atom stereocenters. The summed E-state index contributed by atoms with van der Waals surface area (Å²) in [5.41, 5.74) is 3.09. The van der Waals surface area contributed by atoms with Crippen LogP contribution in [0.15, 0.2) is 120 Å². The third-order valence-corrected chi connectivity index (χ3v) is 7.87. The Morgan fingerprint density at radius 1 is 0.757 bits per heavy atom. The van der Waals surface area contributed by atoms with Gasteiger partial charge >= 0.3 is 0 Å². The summed E-state index contributed by atoms with van der Waals surface area (Å²) in [4.78, 5) is 13.3. The molecule has 1 aliphatic rings. The number of nitrogens with one attached hydrogen (secondary N) is 1. The van der Waals surface area contributed by atoms with Gasteiger partial charge in [-0.3, -0.25) is 9.10 Å². The Kier molecular flexibility index (Phi) is 7.05. The molecule has 4 aromatic carbocycles. The van der Waals surface area contributed by atoms with Crippen molar-refractivity contribution in [3.05, 3.63) is 137 Å². The van der Waals surface area contributed by atoms with Gasteiger partial charge in [0.25, 0.3) is 15.9 Å². The molecule has 6 nitrogen and oxygen atoms in total. The molecule has 1 N–H and O–H groups in total. The molecule has 7 heteroatoms. The van der Waals surface area contributed by atoms with Gasteiger partial charge in [0.15, 0.2) is 4.91 Å². The zero-order valence-electron chi connectivity index (χ0n) is 20.1. The van der Waals surface area contributed by atoms with Crippen molar-refractivity contribution in [3.8, 4) is 5.75 Å². The number of amides is 1. The molecule has 4 aromatic rings. The van der Waals surface area contributed by atoms with Crippen molar-refractivity contribution in [2.24, 2.45) is 0 Å². The number of ether oxygens (including phenoxy) is 1. The fourth-order valence-corrected chi connectivity index (χ4v) is 6.12. The molecule has 0 saturated heterocycles. The molecule has 186 valence electrons. The molecule has 0 aliphatic carbocycles. The minimum absolute atomic E-state index is 0.107. The van der Waals surface area contributed by atoms with E-state index in [1.807, 2.05) is 103 Å². The summed E-state index contributed by atoms with van der Waals surface area (Å²) in [6.07, 6.45) is 0. The number of sulfonamides is 1. The minimum Gasteiger partial charge on any atom is -0.492 e. The Balaban J connectivity index is 1.54. The molecule has 0 bridgehead atoms. The third-order valence-electron chi connectivity index (χ3n) is 6.05. The first-order valence-corrected chi connectivity index (χ1v) is 13.4. The molecule has 1 aliphatic heterocycles. The van der Waals surface area contributed by atoms with Crippen LogP contribution in [0.1, 0.15) is 16.7 Å². The van der Waals surface area contributed by atoms with Crippen molar-refractivity contribution >= 4 is 27.2 Å². The lowest BCUT2D eigenvalue weighted by atomic mass is 9.95. The van der Waals surface area contributed by atoms with E-state index in [2.05, 4.69) is 5.32 Å². The van der Waals surface area contributed by atoms with Crippen molar-refractivity contribution in [1.29, 1.82) is 0 Å². The monoisotopic (exact) mass is 510 g/mol. The van der Waals surface area contributed by atoms with Crippen LogP contribution in [0.4, 0.5) is 5.69 Å². The van der Waals surface area contributed by atoms with Crippen LogP contribution in [0.2, 0.25) is 0 Å². The molecule has 0 spiro atoms. The van der Waals surface area contributed by atoms with E-state index in [1.54, 1.807) is 12.1 Å². The first-order chi connectivity index (χ1) is 18.1. The summed E-state index contributed by atoms with van der Waals surface area (Å²) >= 11 is 0. The Morgan fingerprint density at radius 2 is 1.35 bits per heavy atom. The fourth-order valence-electron chi connectivity index (χ4n) is 4.37. The lowest BCUT2D eigenvalue weighted by molar-refractivity contribution is -0.116. The number of nitrogens with zero attached hydrogens (tertiary/aromatic N) is 1. The normalized spacial score (nSPS) is 14.1. The van der Waals surface area contributed by atoms with Gasteiger partial charge in [0.1, 0.15) is 12.4 Å². The quantitative estimate of drug-likeness (QED) is 0.339. The van der Waals surface area contributed by atoms with Crippen LogP contribution < -0.4 is 14.4 Å². The minimum atomic E-state index is -4.20. The van der Waals surface area contributed by atoms with Crippen LogP contribution in [0, 0.1) is 0 Å². The maximum atomic E-state index is 14.1. The van der Waals surface area contributed by atoms with Gasteiger partial charge in [0.2, 0.25) is 0 Å². The Bertz CT molecular complexity index is 1520. The second-order valence-electron chi connectivity index (χ2n) is 8.50. The predicted molar refractivity (Wildman–Crippen MR) is 145 cm³/mol. The maximum Gasteiger partial charge on any atom is 0.270 e. The Morgan fingerprint density at radius 3 is 2.05 bits per heavy atom. The van der Waals surface area contributed by atoms with Gasteiger partial charge in [-0.05, 0) is 29.3 Å². The standard InChI is InChI=1S/C30H26N2O4S/c33-30(31-20-21-36-25-16-8-3-9-17-25)29-28(24-14-6-2-7-15-24)26-18-10-11-19-27(26)32(37(29,34)35)22-23-12-4-1-5-13-23/h1-19H,20-22H2,(H,31,33). The number of hydrogen-bond acceptors (Lipinski definition) is 4. The smallest absolute Gasteiger partial charge is 0.270 e. The summed E-state index contributed by atoms with van der Waals surface area (Å²) < 4.78 is 35.3. The van der Waals surface area contributed by atoms with Crippen molar-refractivity contribution in [2.75, 3.05) is 17.5 Å². The van der Waals surface area contributed by atoms with E-state index in [1.165, 1.54) is 4.31 Å². The topological polar surface area (TPSA) is 75.7 Å². The van der Waals surface area contributed by atoms with Crippen molar-refractivity contribution < 1.29 is 17.9 Å². The summed E-state index contributed by atoms with van der Waals surface area (Å²) in [6.45, 7) is 0.458. The molecule has 0 fully saturated rings. The van der Waals surface area contributed by atoms with Crippen LogP contribution >= 0.6 is 0 Å². The highest BCUT2D eigenvalue weighted by atomic mass is 32.2. The number of carbonyl (C=O) groups is 1. The summed E-state index contributed by atoms with van der Waals surface area (Å²) in [5.74, 6) is 0.0114. The summed E-state index contributed by atoms with van der Waals surface area (Å²) in [6, 6.07) is 35.1. The van der Waals surface area contributed by atoms with Gasteiger partial charge in [-0.2, -0.15) is 0 Å². The van der Waals surface area contributed by atoms with E-state index in [-0.39, 0.29) is 24.6 Å². The predicted octanol–water partition coefficient (Wildman–Crippen LogP) is 4.99. The average Bonchev–Trinajstić information content (AvgIpc) is 2.94. The first kappa shape index (κ1) is 24.3. The molecule has 1 amide bonds. The van der Waals surface area contributed by atoms with Crippen LogP contribution in [0.25, 0.3) is 5.57 Å². The van der Waals surface area contributed by atoms with E-state index >= 15 is 0 Å². The highest BCUT2D eigenvalue weighted by Gasteiger charge is 2.41. The van der Waals surface area contributed by atoms with Crippen molar-refractivity contribution in [3.63, 3.8) is 0 Å². The van der Waals surface area contributed by atoms with E-state index in [0.29, 0.717) is 28.1 Å². The third kappa shape index (κ3) is 5.13. The van der Waals surface area contributed by atoms with E-state index in [0.717, 1.165) is 5.56 Å². The number of carbonyl (C=O) groups excluding carboxylic acids is 1. The zero-order valence-corrected chi connectivity index (χ0v) is 20.9. The lowest BCUT2D eigenvalue weighted by Gasteiger charge is -2.33. The molecular formula is C30H26N2O4S. The molecule has 37 heavy (non-hydrogen) atoms. The van der Waals surface area contributed by atoms with Gasteiger partial charge < -0.3 is 10.1 Å².